The first-order chi connectivity index (χ1) is 9.61. The number of carbonyl (C=O) groups excluding carboxylic acids is 3. The molecule has 1 aliphatic rings. The first-order valence-corrected chi connectivity index (χ1v) is 6.79. The van der Waals surface area contributed by atoms with Gasteiger partial charge in [0.05, 0.1) is 6.61 Å². The summed E-state index contributed by atoms with van der Waals surface area (Å²) in [5.74, 6) is 4.19. The van der Waals surface area contributed by atoms with Crippen molar-refractivity contribution in [2.24, 2.45) is 0 Å². The summed E-state index contributed by atoms with van der Waals surface area (Å²) in [4.78, 5) is 36.4. The molecule has 7 heteroatoms. The molecular weight excluding hydrogens is 280 g/mol. The van der Waals surface area contributed by atoms with E-state index in [0.29, 0.717) is 16.9 Å². The van der Waals surface area contributed by atoms with Gasteiger partial charge in [0.25, 0.3) is 5.91 Å². The number of aliphatic hydroxyl groups excluding tert-OH is 1. The number of aliphatic hydroxyl groups is 1. The van der Waals surface area contributed by atoms with Crippen LogP contribution >= 0.6 is 11.3 Å². The number of amides is 3. The van der Waals surface area contributed by atoms with Crippen LogP contribution in [0.1, 0.15) is 21.7 Å². The monoisotopic (exact) mass is 292 g/mol. The highest BCUT2D eigenvalue weighted by Crippen LogP contribution is 2.18. The molecule has 0 aliphatic carbocycles. The van der Waals surface area contributed by atoms with E-state index >= 15 is 0 Å². The minimum Gasteiger partial charge on any atom is -0.395 e. The Hall–Kier alpha value is -2.17. The number of imide groups is 1. The Bertz CT molecular complexity index is 595. The zero-order valence-electron chi connectivity index (χ0n) is 10.5. The molecule has 0 bridgehead atoms. The number of rotatable bonds is 2. The van der Waals surface area contributed by atoms with Crippen LogP contribution in [0.2, 0.25) is 0 Å². The van der Waals surface area contributed by atoms with Crippen LogP contribution in [0.25, 0.3) is 0 Å². The lowest BCUT2D eigenvalue weighted by atomic mass is 10.2. The van der Waals surface area contributed by atoms with Gasteiger partial charge in [-0.1, -0.05) is 11.8 Å². The van der Waals surface area contributed by atoms with Gasteiger partial charge in [-0.05, 0) is 11.4 Å². The molecule has 20 heavy (non-hydrogen) atoms. The summed E-state index contributed by atoms with van der Waals surface area (Å²) in [7, 11) is 0. The molecule has 1 aromatic heterocycles. The summed E-state index contributed by atoms with van der Waals surface area (Å²) in [6.45, 7) is -0.306. The highest BCUT2D eigenvalue weighted by Gasteiger charge is 2.28. The fraction of sp³-hybridized carbons (Fsp3) is 0.308. The minimum atomic E-state index is -0.487. The van der Waals surface area contributed by atoms with Crippen LogP contribution in [-0.4, -0.2) is 47.4 Å². The second-order valence-corrected chi connectivity index (χ2v) is 4.99. The molecular formula is C13H12N2O4S. The number of carbonyl (C=O) groups is 3. The van der Waals surface area contributed by atoms with Crippen LogP contribution in [-0.2, 0) is 9.59 Å². The molecule has 0 radical (unpaired) electrons. The minimum absolute atomic E-state index is 0.0405. The Morgan fingerprint density at radius 2 is 2.10 bits per heavy atom. The first kappa shape index (κ1) is 14.2. The third kappa shape index (κ3) is 3.23. The summed E-state index contributed by atoms with van der Waals surface area (Å²) in [5, 5.41) is 12.5. The van der Waals surface area contributed by atoms with Crippen LogP contribution in [0.5, 0.6) is 0 Å². The molecule has 3 amide bonds. The molecule has 0 aromatic carbocycles. The average molecular weight is 292 g/mol. The van der Waals surface area contributed by atoms with E-state index in [2.05, 4.69) is 17.2 Å². The number of hydrogen-bond donors (Lipinski definition) is 2. The van der Waals surface area contributed by atoms with Crippen LogP contribution < -0.4 is 5.32 Å². The highest BCUT2D eigenvalue weighted by molar-refractivity contribution is 7.12. The quantitative estimate of drug-likeness (QED) is 0.572. The normalized spacial score (nSPS) is 14.6. The molecule has 1 saturated heterocycles. The van der Waals surface area contributed by atoms with Gasteiger partial charge in [-0.25, -0.2) is 0 Å². The summed E-state index contributed by atoms with van der Waals surface area (Å²) in [6.07, 6.45) is 0.327. The lowest BCUT2D eigenvalue weighted by molar-refractivity contribution is -0.135. The van der Waals surface area contributed by atoms with E-state index in [1.165, 1.54) is 16.2 Å². The molecule has 1 fully saturated rings. The van der Waals surface area contributed by atoms with Gasteiger partial charge < -0.3 is 10.0 Å². The molecule has 0 unspecified atom stereocenters. The van der Waals surface area contributed by atoms with E-state index in [1.807, 2.05) is 0 Å². The van der Waals surface area contributed by atoms with Gasteiger partial charge in [-0.15, -0.1) is 11.3 Å². The number of nitrogens with one attached hydrogen (secondary N) is 1. The van der Waals surface area contributed by atoms with Crippen LogP contribution in [0.15, 0.2) is 11.4 Å². The lowest BCUT2D eigenvalue weighted by Gasteiger charge is -2.25. The SMILES string of the molecule is O=C1CN(C(=O)c2sccc2C#CCCO)CC(=O)N1. The Morgan fingerprint density at radius 3 is 2.75 bits per heavy atom. The summed E-state index contributed by atoms with van der Waals surface area (Å²) < 4.78 is 0. The maximum absolute atomic E-state index is 12.3. The highest BCUT2D eigenvalue weighted by atomic mass is 32.1. The van der Waals surface area contributed by atoms with Crippen molar-refractivity contribution >= 4 is 29.1 Å². The van der Waals surface area contributed by atoms with E-state index in [1.54, 1.807) is 11.4 Å². The standard InChI is InChI=1S/C13H12N2O4S/c16-5-2-1-3-9-4-6-20-12(9)13(19)15-7-10(17)14-11(18)8-15/h4,6,16H,2,5,7-8H2,(H,14,17,18). The number of thiophene rings is 1. The Labute approximate surface area is 119 Å². The largest absolute Gasteiger partial charge is 0.395 e. The van der Waals surface area contributed by atoms with Crippen molar-refractivity contribution in [2.45, 2.75) is 6.42 Å². The molecule has 1 aliphatic heterocycles. The van der Waals surface area contributed by atoms with E-state index in [9.17, 15) is 14.4 Å². The Balaban J connectivity index is 2.18. The van der Waals surface area contributed by atoms with Crippen LogP contribution in [0.3, 0.4) is 0 Å². The van der Waals surface area contributed by atoms with Gasteiger partial charge in [0, 0.05) is 12.0 Å². The third-order valence-corrected chi connectivity index (χ3v) is 3.46. The molecule has 1 aromatic rings. The van der Waals surface area contributed by atoms with Crippen molar-refractivity contribution in [1.29, 1.82) is 0 Å². The third-order valence-electron chi connectivity index (χ3n) is 2.55. The molecule has 6 nitrogen and oxygen atoms in total. The van der Waals surface area contributed by atoms with Gasteiger partial charge >= 0.3 is 0 Å². The van der Waals surface area contributed by atoms with E-state index in [4.69, 9.17) is 5.11 Å². The molecule has 2 N–H and O–H groups in total. The summed E-state index contributed by atoms with van der Waals surface area (Å²) in [5.41, 5.74) is 0.548. The van der Waals surface area contributed by atoms with Gasteiger partial charge in [0.15, 0.2) is 0 Å². The van der Waals surface area contributed by atoms with Crippen molar-refractivity contribution in [3.63, 3.8) is 0 Å². The number of hydrogen-bond acceptors (Lipinski definition) is 5. The van der Waals surface area contributed by atoms with Crippen molar-refractivity contribution in [2.75, 3.05) is 19.7 Å². The maximum atomic E-state index is 12.3. The molecule has 2 heterocycles. The van der Waals surface area contributed by atoms with Crippen LogP contribution in [0, 0.1) is 11.8 Å². The maximum Gasteiger partial charge on any atom is 0.266 e. The van der Waals surface area contributed by atoms with E-state index < -0.39 is 11.8 Å². The van der Waals surface area contributed by atoms with Crippen molar-refractivity contribution in [1.82, 2.24) is 10.2 Å². The molecule has 0 saturated carbocycles. The predicted octanol–water partition coefficient (Wildman–Crippen LogP) is -0.419. The average Bonchev–Trinajstić information content (AvgIpc) is 2.85. The van der Waals surface area contributed by atoms with Gasteiger partial charge in [0.2, 0.25) is 11.8 Å². The fourth-order valence-corrected chi connectivity index (χ4v) is 2.53. The van der Waals surface area contributed by atoms with Crippen molar-refractivity contribution in [3.8, 4) is 11.8 Å². The summed E-state index contributed by atoms with van der Waals surface area (Å²) in [6, 6.07) is 1.70. The molecule has 0 atom stereocenters. The fourth-order valence-electron chi connectivity index (χ4n) is 1.71. The summed E-state index contributed by atoms with van der Waals surface area (Å²) >= 11 is 1.21. The topological polar surface area (TPSA) is 86.7 Å². The smallest absolute Gasteiger partial charge is 0.266 e. The van der Waals surface area contributed by atoms with Crippen molar-refractivity contribution < 1.29 is 19.5 Å². The zero-order chi connectivity index (χ0) is 14.5. The number of piperazine rings is 1. The van der Waals surface area contributed by atoms with Gasteiger partial charge in [-0.2, -0.15) is 0 Å². The van der Waals surface area contributed by atoms with Gasteiger partial charge in [-0.3, -0.25) is 19.7 Å². The first-order valence-electron chi connectivity index (χ1n) is 5.91. The Kier molecular flexibility index (Phi) is 4.50. The zero-order valence-corrected chi connectivity index (χ0v) is 11.3. The number of nitrogens with zero attached hydrogens (tertiary/aromatic N) is 1. The van der Waals surface area contributed by atoms with Crippen molar-refractivity contribution in [3.05, 3.63) is 21.9 Å². The van der Waals surface area contributed by atoms with Crippen LogP contribution in [0.4, 0.5) is 0 Å². The second kappa shape index (κ2) is 6.32. The molecule has 0 spiro atoms. The molecule has 104 valence electrons. The second-order valence-electron chi connectivity index (χ2n) is 4.07. The van der Waals surface area contributed by atoms with E-state index in [-0.39, 0.29) is 25.6 Å². The Morgan fingerprint density at radius 1 is 1.40 bits per heavy atom. The predicted molar refractivity (Wildman–Crippen MR) is 72.0 cm³/mol. The molecule has 2 rings (SSSR count). The van der Waals surface area contributed by atoms with Gasteiger partial charge in [0.1, 0.15) is 18.0 Å². The van der Waals surface area contributed by atoms with E-state index in [0.717, 1.165) is 0 Å². The lowest BCUT2D eigenvalue weighted by Crippen LogP contribution is -2.53.